The molecule has 1 heterocycles. The smallest absolute Gasteiger partial charge is 0.0127 e. The van der Waals surface area contributed by atoms with Crippen LogP contribution in [0.3, 0.4) is 0 Å². The minimum Gasteiger partial charge on any atom is -0.311 e. The average Bonchev–Trinajstić information content (AvgIpc) is 2.86. The van der Waals surface area contributed by atoms with Crippen molar-refractivity contribution < 1.29 is 0 Å². The highest BCUT2D eigenvalue weighted by molar-refractivity contribution is 5.03. The predicted molar refractivity (Wildman–Crippen MR) is 69.6 cm³/mol. The van der Waals surface area contributed by atoms with Crippen LogP contribution in [-0.4, -0.2) is 36.6 Å². The van der Waals surface area contributed by atoms with Crippen LogP contribution in [0.2, 0.25) is 0 Å². The fourth-order valence-electron chi connectivity index (χ4n) is 2.99. The Bertz CT molecular complexity index is 237. The highest BCUT2D eigenvalue weighted by Crippen LogP contribution is 2.45. The Morgan fingerprint density at radius 1 is 1.44 bits per heavy atom. The van der Waals surface area contributed by atoms with Crippen molar-refractivity contribution in [3.05, 3.63) is 0 Å². The molecule has 2 heteroatoms. The number of nitrogens with zero attached hydrogens (tertiary/aromatic N) is 1. The van der Waals surface area contributed by atoms with E-state index in [-0.39, 0.29) is 0 Å². The molecule has 0 amide bonds. The van der Waals surface area contributed by atoms with Gasteiger partial charge >= 0.3 is 0 Å². The highest BCUT2D eigenvalue weighted by atomic mass is 15.1. The molecule has 16 heavy (non-hydrogen) atoms. The molecule has 2 rings (SSSR count). The Kier molecular flexibility index (Phi) is 3.60. The number of likely N-dealkylation sites (tertiary alicyclic amines) is 1. The largest absolute Gasteiger partial charge is 0.311 e. The zero-order valence-corrected chi connectivity index (χ0v) is 11.4. The van der Waals surface area contributed by atoms with Crippen LogP contribution < -0.4 is 5.32 Å². The van der Waals surface area contributed by atoms with Crippen molar-refractivity contribution in [3.8, 4) is 0 Å². The zero-order chi connectivity index (χ0) is 11.8. The molecule has 0 aromatic carbocycles. The Hall–Kier alpha value is -0.0800. The van der Waals surface area contributed by atoms with Gasteiger partial charge in [-0.05, 0) is 50.6 Å². The maximum absolute atomic E-state index is 3.83. The van der Waals surface area contributed by atoms with Crippen molar-refractivity contribution in [1.82, 2.24) is 10.2 Å². The topological polar surface area (TPSA) is 15.3 Å². The van der Waals surface area contributed by atoms with Crippen molar-refractivity contribution in [3.63, 3.8) is 0 Å². The third-order valence-corrected chi connectivity index (χ3v) is 4.67. The van der Waals surface area contributed by atoms with Gasteiger partial charge in [-0.3, -0.25) is 0 Å². The maximum atomic E-state index is 3.83. The van der Waals surface area contributed by atoms with Crippen molar-refractivity contribution >= 4 is 0 Å². The summed E-state index contributed by atoms with van der Waals surface area (Å²) in [4.78, 5) is 2.60. The van der Waals surface area contributed by atoms with Crippen molar-refractivity contribution in [2.45, 2.75) is 59.0 Å². The zero-order valence-electron chi connectivity index (χ0n) is 11.4. The molecule has 1 saturated heterocycles. The number of hydrogen-bond donors (Lipinski definition) is 1. The first-order chi connectivity index (χ1) is 7.53. The molecule has 2 fully saturated rings. The summed E-state index contributed by atoms with van der Waals surface area (Å²) in [5.41, 5.74) is 0.563. The Labute approximate surface area is 101 Å². The first-order valence-corrected chi connectivity index (χ1v) is 7.01. The molecular formula is C14H28N2. The molecule has 0 radical (unpaired) electrons. The molecule has 1 N–H and O–H groups in total. The Balaban J connectivity index is 1.78. The molecule has 0 aromatic heterocycles. The van der Waals surface area contributed by atoms with E-state index in [0.717, 1.165) is 12.0 Å². The van der Waals surface area contributed by atoms with Crippen LogP contribution in [0.5, 0.6) is 0 Å². The van der Waals surface area contributed by atoms with E-state index in [4.69, 9.17) is 0 Å². The Morgan fingerprint density at radius 2 is 2.12 bits per heavy atom. The molecule has 1 aliphatic carbocycles. The molecule has 3 atom stereocenters. The maximum Gasteiger partial charge on any atom is 0.0127 e. The minimum atomic E-state index is 0.563. The van der Waals surface area contributed by atoms with Gasteiger partial charge in [-0.15, -0.1) is 0 Å². The summed E-state index contributed by atoms with van der Waals surface area (Å²) in [6, 6.07) is 1.47. The lowest BCUT2D eigenvalue weighted by Gasteiger charge is -2.35. The standard InChI is InChI=1S/C14H28N2/c1-5-16-8-6-7-12(10-16)11(2)15-13-9-14(13,3)4/h11-13,15H,5-10H2,1-4H3. The molecule has 0 bridgehead atoms. The molecule has 2 aliphatic rings. The fraction of sp³-hybridized carbons (Fsp3) is 1.00. The van der Waals surface area contributed by atoms with E-state index >= 15 is 0 Å². The van der Waals surface area contributed by atoms with Crippen LogP contribution in [-0.2, 0) is 0 Å². The van der Waals surface area contributed by atoms with E-state index in [1.807, 2.05) is 0 Å². The third-order valence-electron chi connectivity index (χ3n) is 4.67. The SMILES string of the molecule is CCN1CCCC(C(C)NC2CC2(C)C)C1. The summed E-state index contributed by atoms with van der Waals surface area (Å²) in [6.45, 7) is 13.3. The second kappa shape index (κ2) is 4.66. The molecular weight excluding hydrogens is 196 g/mol. The summed E-state index contributed by atoms with van der Waals surface area (Å²) in [7, 11) is 0. The number of hydrogen-bond acceptors (Lipinski definition) is 2. The normalized spacial score (nSPS) is 36.0. The van der Waals surface area contributed by atoms with Gasteiger partial charge in [-0.1, -0.05) is 20.8 Å². The summed E-state index contributed by atoms with van der Waals surface area (Å²) >= 11 is 0. The van der Waals surface area contributed by atoms with E-state index in [2.05, 4.69) is 37.9 Å². The monoisotopic (exact) mass is 224 g/mol. The van der Waals surface area contributed by atoms with E-state index in [0.29, 0.717) is 11.5 Å². The van der Waals surface area contributed by atoms with E-state index in [1.54, 1.807) is 0 Å². The summed E-state index contributed by atoms with van der Waals surface area (Å²) in [5.74, 6) is 0.866. The van der Waals surface area contributed by atoms with Crippen LogP contribution >= 0.6 is 0 Å². The number of rotatable bonds is 4. The van der Waals surface area contributed by atoms with Gasteiger partial charge in [0.25, 0.3) is 0 Å². The molecule has 0 aromatic rings. The fourth-order valence-corrected chi connectivity index (χ4v) is 2.99. The van der Waals surface area contributed by atoms with Gasteiger partial charge in [0, 0.05) is 18.6 Å². The van der Waals surface area contributed by atoms with Crippen molar-refractivity contribution in [2.24, 2.45) is 11.3 Å². The minimum absolute atomic E-state index is 0.563. The lowest BCUT2D eigenvalue weighted by molar-refractivity contribution is 0.155. The van der Waals surface area contributed by atoms with Gasteiger partial charge in [0.05, 0.1) is 0 Å². The molecule has 2 nitrogen and oxygen atoms in total. The lowest BCUT2D eigenvalue weighted by atomic mass is 9.91. The Morgan fingerprint density at radius 3 is 2.69 bits per heavy atom. The second-order valence-corrected chi connectivity index (χ2v) is 6.50. The number of piperidine rings is 1. The first kappa shape index (κ1) is 12.4. The van der Waals surface area contributed by atoms with Gasteiger partial charge in [0.1, 0.15) is 0 Å². The summed E-state index contributed by atoms with van der Waals surface area (Å²) in [5, 5.41) is 3.83. The van der Waals surface area contributed by atoms with Crippen LogP contribution in [0.1, 0.15) is 47.0 Å². The van der Waals surface area contributed by atoms with Crippen molar-refractivity contribution in [2.75, 3.05) is 19.6 Å². The van der Waals surface area contributed by atoms with E-state index < -0.39 is 0 Å². The molecule has 94 valence electrons. The molecule has 1 aliphatic heterocycles. The third kappa shape index (κ3) is 2.78. The van der Waals surface area contributed by atoms with Gasteiger partial charge in [-0.25, -0.2) is 0 Å². The van der Waals surface area contributed by atoms with Gasteiger partial charge in [-0.2, -0.15) is 0 Å². The van der Waals surface area contributed by atoms with Gasteiger partial charge < -0.3 is 10.2 Å². The second-order valence-electron chi connectivity index (χ2n) is 6.50. The molecule has 3 unspecified atom stereocenters. The first-order valence-electron chi connectivity index (χ1n) is 7.01. The van der Waals surface area contributed by atoms with Gasteiger partial charge in [0.15, 0.2) is 0 Å². The predicted octanol–water partition coefficient (Wildman–Crippen LogP) is 2.49. The van der Waals surface area contributed by atoms with Crippen LogP contribution in [0.4, 0.5) is 0 Å². The molecule has 1 saturated carbocycles. The van der Waals surface area contributed by atoms with E-state index in [9.17, 15) is 0 Å². The highest BCUT2D eigenvalue weighted by Gasteiger charge is 2.46. The van der Waals surface area contributed by atoms with Gasteiger partial charge in [0.2, 0.25) is 0 Å². The van der Waals surface area contributed by atoms with Crippen LogP contribution in [0.25, 0.3) is 0 Å². The van der Waals surface area contributed by atoms with Crippen molar-refractivity contribution in [1.29, 1.82) is 0 Å². The van der Waals surface area contributed by atoms with Crippen LogP contribution in [0.15, 0.2) is 0 Å². The average molecular weight is 224 g/mol. The lowest BCUT2D eigenvalue weighted by Crippen LogP contribution is -2.45. The molecule has 0 spiro atoms. The summed E-state index contributed by atoms with van der Waals surface area (Å²) < 4.78 is 0. The van der Waals surface area contributed by atoms with Crippen LogP contribution in [0, 0.1) is 11.3 Å². The summed E-state index contributed by atoms with van der Waals surface area (Å²) in [6.07, 6.45) is 4.16. The number of nitrogens with one attached hydrogen (secondary N) is 1. The van der Waals surface area contributed by atoms with E-state index in [1.165, 1.54) is 38.9 Å². The quantitative estimate of drug-likeness (QED) is 0.789.